The number of aliphatic hydroxyl groups is 1. The maximum absolute atomic E-state index is 13.5. The number of rotatable bonds is 7. The van der Waals surface area contributed by atoms with Gasteiger partial charge in [-0.05, 0) is 37.1 Å². The third kappa shape index (κ3) is 5.34. The monoisotopic (exact) mass is 530 g/mol. The first-order chi connectivity index (χ1) is 17.2. The van der Waals surface area contributed by atoms with Gasteiger partial charge in [-0.2, -0.15) is 0 Å². The van der Waals surface area contributed by atoms with E-state index < -0.39 is 23.9 Å². The van der Waals surface area contributed by atoms with Crippen molar-refractivity contribution in [2.45, 2.75) is 25.9 Å². The Morgan fingerprint density at radius 3 is 2.64 bits per heavy atom. The van der Waals surface area contributed by atoms with Crippen molar-refractivity contribution >= 4 is 40.7 Å². The van der Waals surface area contributed by atoms with Gasteiger partial charge in [-0.15, -0.1) is 0 Å². The molecule has 0 aromatic heterocycles. The number of aryl methyl sites for hydroxylation is 1. The lowest BCUT2D eigenvalue weighted by Gasteiger charge is -2.38. The molecule has 0 amide bonds. The highest BCUT2D eigenvalue weighted by Gasteiger charge is 2.44. The maximum atomic E-state index is 13.5. The number of Topliss-reactive ketones (excluding diaryl/α,β-unsaturated/α-hetero) is 1. The minimum atomic E-state index is -0.876. The molecule has 0 fully saturated rings. The van der Waals surface area contributed by atoms with E-state index in [1.165, 1.54) is 7.11 Å². The Hall–Kier alpha value is -2.71. The zero-order valence-corrected chi connectivity index (χ0v) is 21.8. The predicted molar refractivity (Wildman–Crippen MR) is 139 cm³/mol. The number of carbonyl (C=O) groups is 2. The number of halogens is 2. The lowest BCUT2D eigenvalue weighted by atomic mass is 9.72. The van der Waals surface area contributed by atoms with E-state index >= 15 is 0 Å². The second-order valence-electron chi connectivity index (χ2n) is 9.06. The average molecular weight is 531 g/mol. The molecule has 2 aliphatic rings. The maximum Gasteiger partial charge on any atom is 0.315 e. The Balaban J connectivity index is 1.55. The molecule has 0 radical (unpaired) electrons. The second kappa shape index (κ2) is 11.1. The van der Waals surface area contributed by atoms with Crippen molar-refractivity contribution in [2.24, 2.45) is 10.9 Å². The third-order valence-corrected chi connectivity index (χ3v) is 7.35. The molecule has 0 aliphatic carbocycles. The third-order valence-electron chi connectivity index (χ3n) is 6.55. The van der Waals surface area contributed by atoms with E-state index in [1.54, 1.807) is 25.1 Å². The number of aliphatic imine (C=N–C) groups is 1. The molecule has 1 N–H and O–H groups in total. The Kier molecular flexibility index (Phi) is 8.15. The van der Waals surface area contributed by atoms with Crippen LogP contribution < -0.4 is 4.74 Å². The minimum Gasteiger partial charge on any atom is -0.489 e. The molecule has 9 heteroatoms. The SMILES string of the molecule is COC(=O)C1C(C)=NC2=C(C(=O)CN(CC(O)COc3cccc(Cl)c3Cl)C2)C1c1ccccc1C. The summed E-state index contributed by atoms with van der Waals surface area (Å²) in [4.78, 5) is 32.8. The first-order valence-electron chi connectivity index (χ1n) is 11.6. The zero-order valence-electron chi connectivity index (χ0n) is 20.3. The summed E-state index contributed by atoms with van der Waals surface area (Å²) in [6.07, 6.45) is -0.876. The summed E-state index contributed by atoms with van der Waals surface area (Å²) in [5, 5.41) is 11.2. The first kappa shape index (κ1) is 26.4. The van der Waals surface area contributed by atoms with Crippen molar-refractivity contribution < 1.29 is 24.2 Å². The number of methoxy groups -OCH3 is 1. The zero-order chi connectivity index (χ0) is 26.0. The van der Waals surface area contributed by atoms with Crippen LogP contribution in [0.3, 0.4) is 0 Å². The van der Waals surface area contributed by atoms with Crippen molar-refractivity contribution in [1.82, 2.24) is 4.90 Å². The highest BCUT2D eigenvalue weighted by atomic mass is 35.5. The summed E-state index contributed by atoms with van der Waals surface area (Å²) in [5.74, 6) is -1.31. The molecule has 3 atom stereocenters. The normalized spacial score (nSPS) is 21.1. The number of ether oxygens (including phenoxy) is 2. The Bertz CT molecular complexity index is 1240. The van der Waals surface area contributed by atoms with Crippen LogP contribution in [0.2, 0.25) is 10.0 Å². The summed E-state index contributed by atoms with van der Waals surface area (Å²) >= 11 is 12.2. The van der Waals surface area contributed by atoms with E-state index in [4.69, 9.17) is 32.7 Å². The van der Waals surface area contributed by atoms with Crippen molar-refractivity contribution in [1.29, 1.82) is 0 Å². The van der Waals surface area contributed by atoms with Crippen molar-refractivity contribution in [2.75, 3.05) is 33.4 Å². The van der Waals surface area contributed by atoms with Crippen LogP contribution in [0.5, 0.6) is 5.75 Å². The van der Waals surface area contributed by atoms with E-state index in [0.717, 1.165) is 11.1 Å². The molecule has 0 bridgehead atoms. The number of hydrogen-bond acceptors (Lipinski definition) is 7. The van der Waals surface area contributed by atoms with Crippen LogP contribution in [0, 0.1) is 12.8 Å². The van der Waals surface area contributed by atoms with Gasteiger partial charge >= 0.3 is 5.97 Å². The topological polar surface area (TPSA) is 88.4 Å². The number of benzene rings is 2. The van der Waals surface area contributed by atoms with Crippen LogP contribution in [0.4, 0.5) is 0 Å². The summed E-state index contributed by atoms with van der Waals surface area (Å²) < 4.78 is 10.7. The molecule has 7 nitrogen and oxygen atoms in total. The van der Waals surface area contributed by atoms with Gasteiger partial charge in [0, 0.05) is 30.3 Å². The van der Waals surface area contributed by atoms with Gasteiger partial charge in [0.2, 0.25) is 0 Å². The minimum absolute atomic E-state index is 0.0186. The lowest BCUT2D eigenvalue weighted by molar-refractivity contribution is -0.143. The quantitative estimate of drug-likeness (QED) is 0.539. The van der Waals surface area contributed by atoms with Crippen molar-refractivity contribution in [3.05, 3.63) is 74.9 Å². The fourth-order valence-corrected chi connectivity index (χ4v) is 5.25. The van der Waals surface area contributed by atoms with Crippen LogP contribution in [-0.2, 0) is 14.3 Å². The fourth-order valence-electron chi connectivity index (χ4n) is 4.91. The number of hydrogen-bond donors (Lipinski definition) is 1. The van der Waals surface area contributed by atoms with E-state index in [1.807, 2.05) is 36.1 Å². The highest BCUT2D eigenvalue weighted by molar-refractivity contribution is 6.42. The van der Waals surface area contributed by atoms with Gasteiger partial charge in [-0.1, -0.05) is 53.5 Å². The second-order valence-corrected chi connectivity index (χ2v) is 9.84. The van der Waals surface area contributed by atoms with Crippen LogP contribution >= 0.6 is 23.2 Å². The van der Waals surface area contributed by atoms with E-state index in [-0.39, 0.29) is 30.5 Å². The number of nitrogens with zero attached hydrogens (tertiary/aromatic N) is 2. The number of β-amino-alcohol motifs (C(OH)–C–C–N with tert-alkyl or cyclic N) is 1. The fraction of sp³-hybridized carbons (Fsp3) is 0.370. The molecule has 0 saturated heterocycles. The van der Waals surface area contributed by atoms with Gasteiger partial charge in [0.15, 0.2) is 5.78 Å². The molecule has 2 aromatic carbocycles. The summed E-state index contributed by atoms with van der Waals surface area (Å²) in [5.41, 5.74) is 3.65. The molecule has 2 aliphatic heterocycles. The Morgan fingerprint density at radius 1 is 1.17 bits per heavy atom. The first-order valence-corrected chi connectivity index (χ1v) is 12.4. The van der Waals surface area contributed by atoms with Crippen molar-refractivity contribution in [3.8, 4) is 5.75 Å². The van der Waals surface area contributed by atoms with Gasteiger partial charge in [-0.25, -0.2) is 0 Å². The van der Waals surface area contributed by atoms with E-state index in [0.29, 0.717) is 34.3 Å². The average Bonchev–Trinajstić information content (AvgIpc) is 2.84. The molecular formula is C27H28Cl2N2O5. The highest BCUT2D eigenvalue weighted by Crippen LogP contribution is 2.42. The van der Waals surface area contributed by atoms with Crippen LogP contribution in [0.15, 0.2) is 58.7 Å². The van der Waals surface area contributed by atoms with Gasteiger partial charge < -0.3 is 14.6 Å². The summed E-state index contributed by atoms with van der Waals surface area (Å²) in [6.45, 7) is 4.40. The van der Waals surface area contributed by atoms with Crippen molar-refractivity contribution in [3.63, 3.8) is 0 Å². The van der Waals surface area contributed by atoms with Gasteiger partial charge in [0.1, 0.15) is 29.4 Å². The molecule has 0 spiro atoms. The van der Waals surface area contributed by atoms with Gasteiger partial charge in [0.05, 0.1) is 24.4 Å². The largest absolute Gasteiger partial charge is 0.489 e. The van der Waals surface area contributed by atoms with Gasteiger partial charge in [0.25, 0.3) is 0 Å². The molecule has 2 heterocycles. The molecule has 3 unspecified atom stereocenters. The molecule has 36 heavy (non-hydrogen) atoms. The molecular weight excluding hydrogens is 503 g/mol. The Morgan fingerprint density at radius 2 is 1.92 bits per heavy atom. The number of aliphatic hydroxyl groups excluding tert-OH is 1. The van der Waals surface area contributed by atoms with Crippen LogP contribution in [-0.4, -0.2) is 66.9 Å². The Labute approximate surface area is 220 Å². The molecule has 2 aromatic rings. The van der Waals surface area contributed by atoms with E-state index in [9.17, 15) is 14.7 Å². The molecule has 0 saturated carbocycles. The van der Waals surface area contributed by atoms with Crippen LogP contribution in [0.1, 0.15) is 24.0 Å². The predicted octanol–water partition coefficient (Wildman–Crippen LogP) is 4.23. The number of esters is 1. The van der Waals surface area contributed by atoms with Gasteiger partial charge in [-0.3, -0.25) is 19.5 Å². The standard InChI is InChI=1S/C27H28Cl2N2O5/c1-15-7-4-5-8-18(15)24-23(27(34)35-3)16(2)30-20-12-31(13-21(33)25(20)24)11-17(32)14-36-22-10-6-9-19(28)26(22)29/h4-10,17,23-24,32H,11-14H2,1-3H3. The van der Waals surface area contributed by atoms with Crippen LogP contribution in [0.25, 0.3) is 0 Å². The number of ketones is 1. The summed E-state index contributed by atoms with van der Waals surface area (Å²) in [7, 11) is 1.35. The molecule has 190 valence electrons. The lowest BCUT2D eigenvalue weighted by Crippen LogP contribution is -2.47. The molecule has 4 rings (SSSR count). The smallest absolute Gasteiger partial charge is 0.315 e. The summed E-state index contributed by atoms with van der Waals surface area (Å²) in [6, 6.07) is 12.8. The number of carbonyl (C=O) groups excluding carboxylic acids is 2. The van der Waals surface area contributed by atoms with E-state index in [2.05, 4.69) is 4.99 Å².